The van der Waals surface area contributed by atoms with Crippen LogP contribution in [0.5, 0.6) is 0 Å². The minimum atomic E-state index is -0.648. The van der Waals surface area contributed by atoms with Gasteiger partial charge in [-0.15, -0.1) is 0 Å². The summed E-state index contributed by atoms with van der Waals surface area (Å²) in [5.74, 6) is 0. The van der Waals surface area contributed by atoms with Gasteiger partial charge in [-0.1, -0.05) is 11.6 Å². The van der Waals surface area contributed by atoms with Crippen LogP contribution in [0.1, 0.15) is 38.1 Å². The number of rotatable bonds is 2. The summed E-state index contributed by atoms with van der Waals surface area (Å²) in [6.45, 7) is 7.79. The molecular weight excluding hydrogens is 252 g/mol. The Morgan fingerprint density at radius 3 is 2.28 bits per heavy atom. The minimum absolute atomic E-state index is 0.373. The SMILES string of the molecule is CC1(C)OB(c2c(Cl)cncc2C=O)OC1(C)C. The minimum Gasteiger partial charge on any atom is -0.399 e. The maximum absolute atomic E-state index is 11.0. The molecule has 0 amide bonds. The molecule has 6 heteroatoms. The quantitative estimate of drug-likeness (QED) is 0.606. The van der Waals surface area contributed by atoms with E-state index in [2.05, 4.69) is 4.98 Å². The van der Waals surface area contributed by atoms with Crippen molar-refractivity contribution in [3.05, 3.63) is 23.0 Å². The molecule has 0 bridgehead atoms. The highest BCUT2D eigenvalue weighted by molar-refractivity contribution is 6.66. The van der Waals surface area contributed by atoms with E-state index in [1.807, 2.05) is 27.7 Å². The van der Waals surface area contributed by atoms with E-state index in [1.54, 1.807) is 0 Å². The summed E-state index contributed by atoms with van der Waals surface area (Å²) >= 11 is 6.09. The molecule has 0 saturated carbocycles. The van der Waals surface area contributed by atoms with Crippen LogP contribution >= 0.6 is 11.6 Å². The Morgan fingerprint density at radius 1 is 1.22 bits per heavy atom. The fourth-order valence-corrected chi connectivity index (χ4v) is 2.02. The second-order valence-corrected chi connectivity index (χ2v) is 5.74. The average molecular weight is 268 g/mol. The maximum atomic E-state index is 11.0. The number of carbonyl (C=O) groups is 1. The first-order chi connectivity index (χ1) is 8.28. The van der Waals surface area contributed by atoms with Crippen molar-refractivity contribution in [2.75, 3.05) is 0 Å². The summed E-state index contributed by atoms with van der Waals surface area (Å²) in [5.41, 5.74) is -0.00390. The third kappa shape index (κ3) is 2.07. The zero-order valence-corrected chi connectivity index (χ0v) is 11.6. The molecule has 0 atom stereocenters. The lowest BCUT2D eigenvalue weighted by Gasteiger charge is -2.32. The van der Waals surface area contributed by atoms with Crippen LogP contribution in [-0.2, 0) is 9.31 Å². The van der Waals surface area contributed by atoms with Crippen LogP contribution in [0.3, 0.4) is 0 Å². The van der Waals surface area contributed by atoms with Crippen molar-refractivity contribution in [3.8, 4) is 0 Å². The van der Waals surface area contributed by atoms with Gasteiger partial charge in [0.05, 0.1) is 16.2 Å². The molecule has 0 unspecified atom stereocenters. The third-order valence-corrected chi connectivity index (χ3v) is 3.89. The molecule has 4 nitrogen and oxygen atoms in total. The van der Waals surface area contributed by atoms with E-state index >= 15 is 0 Å². The van der Waals surface area contributed by atoms with E-state index < -0.39 is 18.3 Å². The van der Waals surface area contributed by atoms with Crippen molar-refractivity contribution in [3.63, 3.8) is 0 Å². The van der Waals surface area contributed by atoms with Crippen molar-refractivity contribution in [2.45, 2.75) is 38.9 Å². The predicted octanol–water partition coefficient (Wildman–Crippen LogP) is 1.85. The van der Waals surface area contributed by atoms with Gasteiger partial charge < -0.3 is 9.31 Å². The Labute approximate surface area is 112 Å². The lowest BCUT2D eigenvalue weighted by Crippen LogP contribution is -2.41. The maximum Gasteiger partial charge on any atom is 0.497 e. The van der Waals surface area contributed by atoms with Crippen LogP contribution in [-0.4, -0.2) is 29.6 Å². The number of nitrogens with zero attached hydrogens (tertiary/aromatic N) is 1. The van der Waals surface area contributed by atoms with Crippen molar-refractivity contribution < 1.29 is 14.1 Å². The molecule has 18 heavy (non-hydrogen) atoms. The lowest BCUT2D eigenvalue weighted by atomic mass is 9.77. The number of carbonyl (C=O) groups excluding carboxylic acids is 1. The molecule has 0 aromatic carbocycles. The summed E-state index contributed by atoms with van der Waals surface area (Å²) in [6, 6.07) is 0. The molecule has 0 aliphatic carbocycles. The van der Waals surface area contributed by atoms with Gasteiger partial charge >= 0.3 is 7.12 Å². The van der Waals surface area contributed by atoms with Crippen LogP contribution in [0, 0.1) is 0 Å². The Bertz CT molecular complexity index is 474. The van der Waals surface area contributed by atoms with E-state index in [0.717, 1.165) is 0 Å². The highest BCUT2D eigenvalue weighted by atomic mass is 35.5. The van der Waals surface area contributed by atoms with Crippen LogP contribution < -0.4 is 5.46 Å². The Kier molecular flexibility index (Phi) is 3.26. The van der Waals surface area contributed by atoms with Gasteiger partial charge in [-0.25, -0.2) is 0 Å². The largest absolute Gasteiger partial charge is 0.497 e. The van der Waals surface area contributed by atoms with E-state index in [1.165, 1.54) is 12.4 Å². The smallest absolute Gasteiger partial charge is 0.399 e. The normalized spacial score (nSPS) is 21.1. The molecule has 0 N–H and O–H groups in total. The fraction of sp³-hybridized carbons (Fsp3) is 0.500. The predicted molar refractivity (Wildman–Crippen MR) is 70.4 cm³/mol. The first-order valence-electron chi connectivity index (χ1n) is 5.73. The van der Waals surface area contributed by atoms with Crippen LogP contribution in [0.2, 0.25) is 5.02 Å². The monoisotopic (exact) mass is 267 g/mol. The number of hydrogen-bond acceptors (Lipinski definition) is 4. The second-order valence-electron chi connectivity index (χ2n) is 5.33. The van der Waals surface area contributed by atoms with Crippen molar-refractivity contribution in [1.82, 2.24) is 4.98 Å². The van der Waals surface area contributed by atoms with Crippen LogP contribution in [0.4, 0.5) is 0 Å². The molecule has 1 aromatic rings. The first kappa shape index (κ1) is 13.5. The average Bonchev–Trinajstić information content (AvgIpc) is 2.47. The topological polar surface area (TPSA) is 48.4 Å². The van der Waals surface area contributed by atoms with E-state index in [9.17, 15) is 4.79 Å². The lowest BCUT2D eigenvalue weighted by molar-refractivity contribution is 0.00578. The Hall–Kier alpha value is -0.905. The first-order valence-corrected chi connectivity index (χ1v) is 6.10. The summed E-state index contributed by atoms with van der Waals surface area (Å²) in [6.07, 6.45) is 3.65. The Morgan fingerprint density at radius 2 is 1.78 bits per heavy atom. The number of aromatic nitrogens is 1. The van der Waals surface area contributed by atoms with E-state index in [-0.39, 0.29) is 0 Å². The van der Waals surface area contributed by atoms with Crippen LogP contribution in [0.25, 0.3) is 0 Å². The summed E-state index contributed by atoms with van der Waals surface area (Å²) in [5, 5.41) is 0.373. The molecular formula is C12H15BClNO3. The zero-order valence-electron chi connectivity index (χ0n) is 10.9. The molecule has 1 aliphatic rings. The molecule has 96 valence electrons. The molecule has 2 rings (SSSR count). The third-order valence-electron chi connectivity index (χ3n) is 3.59. The molecule has 0 radical (unpaired) electrons. The highest BCUT2D eigenvalue weighted by Crippen LogP contribution is 2.37. The van der Waals surface area contributed by atoms with Gasteiger partial charge in [0, 0.05) is 23.4 Å². The summed E-state index contributed by atoms with van der Waals surface area (Å²) < 4.78 is 11.8. The van der Waals surface area contributed by atoms with Crippen molar-refractivity contribution in [2.24, 2.45) is 0 Å². The number of halogens is 1. The number of aldehydes is 1. The van der Waals surface area contributed by atoms with Crippen LogP contribution in [0.15, 0.2) is 12.4 Å². The number of hydrogen-bond donors (Lipinski definition) is 0. The number of pyridine rings is 1. The molecule has 1 fully saturated rings. The van der Waals surface area contributed by atoms with Gasteiger partial charge in [0.1, 0.15) is 0 Å². The molecule has 2 heterocycles. The van der Waals surface area contributed by atoms with E-state index in [4.69, 9.17) is 20.9 Å². The highest BCUT2D eigenvalue weighted by Gasteiger charge is 2.52. The standard InChI is InChI=1S/C12H15BClNO3/c1-11(2)12(3,4)18-13(17-11)10-8(7-16)5-15-6-9(10)14/h5-7H,1-4H3. The summed E-state index contributed by atoms with van der Waals surface area (Å²) in [7, 11) is -0.648. The molecule has 1 aromatic heterocycles. The Balaban J connectivity index is 2.44. The van der Waals surface area contributed by atoms with Gasteiger partial charge in [0.15, 0.2) is 6.29 Å². The molecule has 1 aliphatic heterocycles. The fourth-order valence-electron chi connectivity index (χ4n) is 1.76. The van der Waals surface area contributed by atoms with E-state index in [0.29, 0.717) is 22.3 Å². The molecule has 1 saturated heterocycles. The van der Waals surface area contributed by atoms with Gasteiger partial charge in [0.25, 0.3) is 0 Å². The zero-order chi connectivity index (χ0) is 13.6. The van der Waals surface area contributed by atoms with Gasteiger partial charge in [-0.05, 0) is 27.7 Å². The summed E-state index contributed by atoms with van der Waals surface area (Å²) in [4.78, 5) is 14.9. The van der Waals surface area contributed by atoms with Gasteiger partial charge in [-0.3, -0.25) is 9.78 Å². The second kappa shape index (κ2) is 4.33. The van der Waals surface area contributed by atoms with Crippen molar-refractivity contribution in [1.29, 1.82) is 0 Å². The van der Waals surface area contributed by atoms with Gasteiger partial charge in [-0.2, -0.15) is 0 Å². The van der Waals surface area contributed by atoms with Crippen molar-refractivity contribution >= 4 is 30.5 Å². The van der Waals surface area contributed by atoms with Gasteiger partial charge in [0.2, 0.25) is 0 Å². The molecule has 0 spiro atoms.